The predicted molar refractivity (Wildman–Crippen MR) is 93.5 cm³/mol. The second-order valence-electron chi connectivity index (χ2n) is 5.51. The molecule has 0 unspecified atom stereocenters. The summed E-state index contributed by atoms with van der Waals surface area (Å²) in [6.07, 6.45) is 1.28. The first-order chi connectivity index (χ1) is 13.5. The Hall–Kier alpha value is -4.06. The number of nitrogens with zero attached hydrogens (tertiary/aromatic N) is 3. The predicted octanol–water partition coefficient (Wildman–Crippen LogP) is 2.82. The number of carbonyl (C=O) groups is 2. The molecule has 0 radical (unpaired) electrons. The summed E-state index contributed by atoms with van der Waals surface area (Å²) in [6, 6.07) is 13.0. The molecule has 2 aromatic carbocycles. The summed E-state index contributed by atoms with van der Waals surface area (Å²) < 4.78 is 32.6. The van der Waals surface area contributed by atoms with Crippen LogP contribution in [0.2, 0.25) is 0 Å². The average Bonchev–Trinajstić information content (AvgIpc) is 3.09. The SMILES string of the molecule is N#Cc1cnn(-c2ccccc2)c1NC(=O)COC(=O)c1ccc(F)cc1F. The second kappa shape index (κ2) is 8.09. The summed E-state index contributed by atoms with van der Waals surface area (Å²) in [5.41, 5.74) is 0.207. The summed E-state index contributed by atoms with van der Waals surface area (Å²) in [6.45, 7) is -0.736. The lowest BCUT2D eigenvalue weighted by Crippen LogP contribution is -2.23. The van der Waals surface area contributed by atoms with Crippen LogP contribution in [-0.4, -0.2) is 28.3 Å². The maximum absolute atomic E-state index is 13.6. The van der Waals surface area contributed by atoms with Gasteiger partial charge in [0.25, 0.3) is 5.91 Å². The largest absolute Gasteiger partial charge is 0.452 e. The topological polar surface area (TPSA) is 97.0 Å². The number of halogens is 2. The van der Waals surface area contributed by atoms with Crippen molar-refractivity contribution >= 4 is 17.7 Å². The number of anilines is 1. The van der Waals surface area contributed by atoms with Crippen LogP contribution in [0.1, 0.15) is 15.9 Å². The lowest BCUT2D eigenvalue weighted by atomic mass is 10.2. The molecule has 3 rings (SSSR count). The van der Waals surface area contributed by atoms with Crippen LogP contribution < -0.4 is 5.32 Å². The summed E-state index contributed by atoms with van der Waals surface area (Å²) in [4.78, 5) is 24.0. The number of nitrogens with one attached hydrogen (secondary N) is 1. The third-order valence-electron chi connectivity index (χ3n) is 3.63. The van der Waals surface area contributed by atoms with Gasteiger partial charge in [-0.3, -0.25) is 4.79 Å². The lowest BCUT2D eigenvalue weighted by Gasteiger charge is -2.10. The molecule has 1 aromatic heterocycles. The van der Waals surface area contributed by atoms with Gasteiger partial charge >= 0.3 is 5.97 Å². The van der Waals surface area contributed by atoms with Crippen LogP contribution in [-0.2, 0) is 9.53 Å². The highest BCUT2D eigenvalue weighted by molar-refractivity contribution is 5.96. The Balaban J connectivity index is 1.71. The van der Waals surface area contributed by atoms with E-state index in [1.165, 1.54) is 10.9 Å². The zero-order chi connectivity index (χ0) is 20.1. The highest BCUT2D eigenvalue weighted by Gasteiger charge is 2.18. The molecular weight excluding hydrogens is 370 g/mol. The summed E-state index contributed by atoms with van der Waals surface area (Å²) in [7, 11) is 0. The van der Waals surface area contributed by atoms with Crippen LogP contribution in [0.5, 0.6) is 0 Å². The molecule has 0 saturated heterocycles. The van der Waals surface area contributed by atoms with Gasteiger partial charge in [0, 0.05) is 6.07 Å². The molecule has 0 bridgehead atoms. The molecule has 0 aliphatic heterocycles. The van der Waals surface area contributed by atoms with Crippen molar-refractivity contribution in [2.45, 2.75) is 0 Å². The number of esters is 1. The molecule has 3 aromatic rings. The fourth-order valence-electron chi connectivity index (χ4n) is 2.35. The van der Waals surface area contributed by atoms with Crippen molar-refractivity contribution in [3.63, 3.8) is 0 Å². The molecule has 1 amide bonds. The summed E-state index contributed by atoms with van der Waals surface area (Å²) in [5.74, 6) is -3.72. The van der Waals surface area contributed by atoms with E-state index in [2.05, 4.69) is 10.4 Å². The lowest BCUT2D eigenvalue weighted by molar-refractivity contribution is -0.119. The molecule has 28 heavy (non-hydrogen) atoms. The average molecular weight is 382 g/mol. The highest BCUT2D eigenvalue weighted by Crippen LogP contribution is 2.19. The fourth-order valence-corrected chi connectivity index (χ4v) is 2.35. The van der Waals surface area contributed by atoms with Crippen molar-refractivity contribution in [2.24, 2.45) is 0 Å². The number of amides is 1. The van der Waals surface area contributed by atoms with E-state index < -0.39 is 35.7 Å². The molecule has 1 heterocycles. The van der Waals surface area contributed by atoms with Crippen LogP contribution in [0, 0.1) is 23.0 Å². The number of ether oxygens (including phenoxy) is 1. The smallest absolute Gasteiger partial charge is 0.341 e. The molecule has 140 valence electrons. The molecule has 7 nitrogen and oxygen atoms in total. The molecule has 0 aliphatic rings. The monoisotopic (exact) mass is 382 g/mol. The van der Waals surface area contributed by atoms with E-state index in [-0.39, 0.29) is 11.4 Å². The van der Waals surface area contributed by atoms with E-state index in [0.29, 0.717) is 11.8 Å². The van der Waals surface area contributed by atoms with Gasteiger partial charge in [-0.15, -0.1) is 0 Å². The number of hydrogen-bond donors (Lipinski definition) is 1. The van der Waals surface area contributed by atoms with Crippen molar-refractivity contribution in [2.75, 3.05) is 11.9 Å². The van der Waals surface area contributed by atoms with Gasteiger partial charge in [0.2, 0.25) is 0 Å². The molecule has 9 heteroatoms. The molecular formula is C19H12F2N4O3. The van der Waals surface area contributed by atoms with Crippen molar-refractivity contribution in [1.29, 1.82) is 5.26 Å². The van der Waals surface area contributed by atoms with Gasteiger partial charge in [0.15, 0.2) is 12.4 Å². The van der Waals surface area contributed by atoms with Gasteiger partial charge in [-0.2, -0.15) is 10.4 Å². The number of carbonyl (C=O) groups excluding carboxylic acids is 2. The molecule has 0 atom stereocenters. The molecule has 0 spiro atoms. The van der Waals surface area contributed by atoms with Crippen molar-refractivity contribution in [3.05, 3.63) is 77.5 Å². The first-order valence-corrected chi connectivity index (χ1v) is 7.95. The van der Waals surface area contributed by atoms with E-state index in [9.17, 15) is 23.6 Å². The van der Waals surface area contributed by atoms with E-state index in [4.69, 9.17) is 4.74 Å². The zero-order valence-corrected chi connectivity index (χ0v) is 14.2. The third-order valence-corrected chi connectivity index (χ3v) is 3.63. The summed E-state index contributed by atoms with van der Waals surface area (Å²) in [5, 5.41) is 15.7. The molecule has 1 N–H and O–H groups in total. The molecule has 0 aliphatic carbocycles. The van der Waals surface area contributed by atoms with Gasteiger partial charge in [-0.25, -0.2) is 18.3 Å². The Labute approximate surface area is 157 Å². The number of nitriles is 1. The van der Waals surface area contributed by atoms with E-state index in [0.717, 1.165) is 12.1 Å². The minimum Gasteiger partial charge on any atom is -0.452 e. The summed E-state index contributed by atoms with van der Waals surface area (Å²) >= 11 is 0. The van der Waals surface area contributed by atoms with Crippen molar-refractivity contribution in [3.8, 4) is 11.8 Å². The minimum absolute atomic E-state index is 0.0997. The minimum atomic E-state index is -1.12. The maximum atomic E-state index is 13.6. The zero-order valence-electron chi connectivity index (χ0n) is 14.2. The molecule has 0 saturated carbocycles. The number of hydrogen-bond acceptors (Lipinski definition) is 5. The first kappa shape index (κ1) is 18.7. The highest BCUT2D eigenvalue weighted by atomic mass is 19.1. The van der Waals surface area contributed by atoms with Gasteiger partial charge in [0.1, 0.15) is 23.3 Å². The Bertz CT molecular complexity index is 1070. The van der Waals surface area contributed by atoms with E-state index in [1.54, 1.807) is 30.3 Å². The van der Waals surface area contributed by atoms with Crippen LogP contribution in [0.4, 0.5) is 14.6 Å². The second-order valence-corrected chi connectivity index (χ2v) is 5.51. The van der Waals surface area contributed by atoms with Gasteiger partial charge < -0.3 is 10.1 Å². The van der Waals surface area contributed by atoms with Crippen molar-refractivity contribution < 1.29 is 23.1 Å². The number of para-hydroxylation sites is 1. The van der Waals surface area contributed by atoms with Gasteiger partial charge in [0.05, 0.1) is 17.4 Å². The van der Waals surface area contributed by atoms with Crippen LogP contribution >= 0.6 is 0 Å². The third kappa shape index (κ3) is 4.02. The van der Waals surface area contributed by atoms with Gasteiger partial charge in [-0.1, -0.05) is 18.2 Å². The van der Waals surface area contributed by atoms with Crippen LogP contribution in [0.25, 0.3) is 5.69 Å². The Morgan fingerprint density at radius 1 is 1.18 bits per heavy atom. The Morgan fingerprint density at radius 3 is 2.61 bits per heavy atom. The number of benzene rings is 2. The fraction of sp³-hybridized carbons (Fsp3) is 0.0526. The van der Waals surface area contributed by atoms with Crippen LogP contribution in [0.15, 0.2) is 54.7 Å². The number of rotatable bonds is 5. The standard InChI is InChI=1S/C19H12F2N4O3/c20-13-6-7-15(16(21)8-13)19(27)28-11-17(26)24-18-12(9-22)10-23-25(18)14-4-2-1-3-5-14/h1-8,10H,11H2,(H,24,26). The first-order valence-electron chi connectivity index (χ1n) is 7.95. The van der Waals surface area contributed by atoms with Gasteiger partial charge in [-0.05, 0) is 24.3 Å². The Morgan fingerprint density at radius 2 is 1.93 bits per heavy atom. The van der Waals surface area contributed by atoms with E-state index >= 15 is 0 Å². The maximum Gasteiger partial charge on any atom is 0.341 e. The van der Waals surface area contributed by atoms with E-state index in [1.807, 2.05) is 6.07 Å². The Kier molecular flexibility index (Phi) is 5.41. The van der Waals surface area contributed by atoms with Crippen molar-refractivity contribution in [1.82, 2.24) is 9.78 Å². The normalized spacial score (nSPS) is 10.2. The molecule has 0 fully saturated rings. The number of aromatic nitrogens is 2. The van der Waals surface area contributed by atoms with Crippen LogP contribution in [0.3, 0.4) is 0 Å². The quantitative estimate of drug-likeness (QED) is 0.685.